The number of carbonyl (C=O) groups is 4. The van der Waals surface area contributed by atoms with Gasteiger partial charge in [-0.1, -0.05) is 0 Å². The lowest BCUT2D eigenvalue weighted by atomic mass is 10.1. The van der Waals surface area contributed by atoms with Gasteiger partial charge < -0.3 is 33.8 Å². The fourth-order valence-electron chi connectivity index (χ4n) is 5.45. The number of rotatable bonds is 3. The third-order valence-electron chi connectivity index (χ3n) is 7.48. The summed E-state index contributed by atoms with van der Waals surface area (Å²) in [5, 5.41) is 0.833. The van der Waals surface area contributed by atoms with Gasteiger partial charge in [0.25, 0.3) is 11.8 Å². The second-order valence-corrected chi connectivity index (χ2v) is 12.3. The second-order valence-electron chi connectivity index (χ2n) is 12.3. The van der Waals surface area contributed by atoms with Crippen molar-refractivity contribution in [1.82, 2.24) is 29.1 Å². The quantitative estimate of drug-likeness (QED) is 0.562. The molecule has 2 fully saturated rings. The van der Waals surface area contributed by atoms with Crippen molar-refractivity contribution >= 4 is 34.8 Å². The molecule has 2 saturated heterocycles. The third-order valence-corrected chi connectivity index (χ3v) is 7.48. The molecule has 0 radical (unpaired) electrons. The lowest BCUT2D eigenvalue weighted by Gasteiger charge is -2.36. The van der Waals surface area contributed by atoms with E-state index in [4.69, 9.17) is 4.74 Å². The van der Waals surface area contributed by atoms with Crippen molar-refractivity contribution in [2.75, 3.05) is 66.5 Å². The zero-order chi connectivity index (χ0) is 30.1. The van der Waals surface area contributed by atoms with Gasteiger partial charge in [-0.15, -0.1) is 0 Å². The fourth-order valence-corrected chi connectivity index (χ4v) is 5.45. The number of fused-ring (bicyclic) bond motifs is 1. The maximum atomic E-state index is 13.7. The minimum Gasteiger partial charge on any atom is -0.444 e. The van der Waals surface area contributed by atoms with E-state index >= 15 is 0 Å². The number of hydrogen-bond acceptors (Lipinski definition) is 5. The first-order chi connectivity index (χ1) is 19.3. The third kappa shape index (κ3) is 6.77. The first-order valence-corrected chi connectivity index (χ1v) is 14.4. The molecule has 1 aromatic heterocycles. The van der Waals surface area contributed by atoms with Crippen LogP contribution < -0.4 is 0 Å². The van der Waals surface area contributed by atoms with Crippen LogP contribution in [-0.2, 0) is 4.74 Å². The molecule has 4 rings (SSSR count). The van der Waals surface area contributed by atoms with Crippen molar-refractivity contribution in [3.8, 4) is 0 Å². The van der Waals surface area contributed by atoms with Gasteiger partial charge in [0.15, 0.2) is 0 Å². The van der Waals surface area contributed by atoms with E-state index in [0.29, 0.717) is 70.0 Å². The van der Waals surface area contributed by atoms with Crippen molar-refractivity contribution in [3.63, 3.8) is 0 Å². The van der Waals surface area contributed by atoms with Crippen LogP contribution in [0.3, 0.4) is 0 Å². The van der Waals surface area contributed by atoms with Crippen LogP contribution >= 0.6 is 0 Å². The van der Waals surface area contributed by atoms with Crippen LogP contribution in [0.25, 0.3) is 10.9 Å². The molecule has 2 aliphatic heterocycles. The Hall–Kier alpha value is -3.76. The molecule has 41 heavy (non-hydrogen) atoms. The topological polar surface area (TPSA) is 98.6 Å². The van der Waals surface area contributed by atoms with Crippen molar-refractivity contribution in [1.29, 1.82) is 0 Å². The van der Waals surface area contributed by atoms with Gasteiger partial charge in [-0.2, -0.15) is 0 Å². The second kappa shape index (κ2) is 12.0. The molecule has 224 valence electrons. The molecule has 11 heteroatoms. The zero-order valence-corrected chi connectivity index (χ0v) is 25.5. The van der Waals surface area contributed by atoms with Crippen LogP contribution in [0.1, 0.15) is 67.9 Å². The van der Waals surface area contributed by atoms with E-state index in [1.165, 1.54) is 0 Å². The highest BCUT2D eigenvalue weighted by atomic mass is 16.6. The lowest BCUT2D eigenvalue weighted by molar-refractivity contribution is 0.0255. The van der Waals surface area contributed by atoms with Crippen molar-refractivity contribution in [2.45, 2.75) is 52.7 Å². The molecule has 2 aliphatic rings. The van der Waals surface area contributed by atoms with Crippen LogP contribution in [-0.4, -0.2) is 125 Å². The molecule has 2 aromatic rings. The van der Waals surface area contributed by atoms with Gasteiger partial charge in [0.1, 0.15) is 11.3 Å². The highest BCUT2D eigenvalue weighted by molar-refractivity contribution is 6.02. The number of benzene rings is 1. The Bertz CT molecular complexity index is 1300. The van der Waals surface area contributed by atoms with Gasteiger partial charge in [0.05, 0.1) is 0 Å². The molecule has 0 bridgehead atoms. The van der Waals surface area contributed by atoms with E-state index in [-0.39, 0.29) is 30.0 Å². The van der Waals surface area contributed by atoms with Gasteiger partial charge >= 0.3 is 12.1 Å². The summed E-state index contributed by atoms with van der Waals surface area (Å²) in [6.45, 7) is 13.5. The number of carbonyl (C=O) groups excluding carboxylic acids is 4. The Morgan fingerprint density at radius 3 is 1.93 bits per heavy atom. The molecule has 0 spiro atoms. The maximum Gasteiger partial charge on any atom is 0.410 e. The van der Waals surface area contributed by atoms with Gasteiger partial charge in [-0.05, 0) is 65.3 Å². The molecule has 0 N–H and O–H groups in total. The zero-order valence-electron chi connectivity index (χ0n) is 25.5. The van der Waals surface area contributed by atoms with E-state index in [0.717, 1.165) is 10.9 Å². The Morgan fingerprint density at radius 1 is 0.780 bits per heavy atom. The Morgan fingerprint density at radius 2 is 1.34 bits per heavy atom. The summed E-state index contributed by atoms with van der Waals surface area (Å²) < 4.78 is 7.53. The SMILES string of the molecule is CC(C)n1c(C(=O)N2CCN(C(=O)N(C)C)CC2)cc2cc(C(=O)N3CCCN(C(=O)OC(C)(C)C)CC3)ccc21. The monoisotopic (exact) mass is 568 g/mol. The molecule has 3 heterocycles. The number of nitrogens with zero attached hydrogens (tertiary/aromatic N) is 6. The smallest absolute Gasteiger partial charge is 0.410 e. The van der Waals surface area contributed by atoms with E-state index in [1.807, 2.05) is 63.5 Å². The van der Waals surface area contributed by atoms with Crippen LogP contribution in [0.4, 0.5) is 9.59 Å². The summed E-state index contributed by atoms with van der Waals surface area (Å²) in [4.78, 5) is 60.6. The standard InChI is InChI=1S/C30H44N6O5/c1-21(2)36-24-10-9-22(26(37)32-11-8-12-35(18-15-32)29(40)41-30(3,4)5)19-23(24)20-25(36)27(38)33-13-16-34(17-14-33)28(39)31(6)7/h9-10,19-21H,8,11-18H2,1-7H3. The average Bonchev–Trinajstić information content (AvgIpc) is 3.12. The van der Waals surface area contributed by atoms with Gasteiger partial charge in [-0.25, -0.2) is 9.59 Å². The molecule has 0 atom stereocenters. The van der Waals surface area contributed by atoms with Gasteiger partial charge in [-0.3, -0.25) is 9.59 Å². The summed E-state index contributed by atoms with van der Waals surface area (Å²) in [7, 11) is 3.46. The number of urea groups is 1. The predicted octanol–water partition coefficient (Wildman–Crippen LogP) is 3.74. The van der Waals surface area contributed by atoms with Crippen LogP contribution in [0.2, 0.25) is 0 Å². The molecule has 0 aliphatic carbocycles. The van der Waals surface area contributed by atoms with E-state index in [1.54, 1.807) is 38.6 Å². The van der Waals surface area contributed by atoms with Crippen molar-refractivity contribution in [2.24, 2.45) is 0 Å². The van der Waals surface area contributed by atoms with Crippen LogP contribution in [0, 0.1) is 0 Å². The van der Waals surface area contributed by atoms with Crippen LogP contribution in [0.5, 0.6) is 0 Å². The number of aromatic nitrogens is 1. The molecule has 0 unspecified atom stereocenters. The minimum absolute atomic E-state index is 0.0362. The molecule has 1 aromatic carbocycles. The first kappa shape index (κ1) is 30.2. The Kier molecular flexibility index (Phi) is 8.84. The summed E-state index contributed by atoms with van der Waals surface area (Å²) in [6, 6.07) is 7.45. The van der Waals surface area contributed by atoms with E-state index in [9.17, 15) is 19.2 Å². The Balaban J connectivity index is 1.50. The summed E-state index contributed by atoms with van der Waals surface area (Å²) >= 11 is 0. The molecule has 5 amide bonds. The van der Waals surface area contributed by atoms with Gasteiger partial charge in [0.2, 0.25) is 0 Å². The Labute approximate surface area is 242 Å². The summed E-state index contributed by atoms with van der Waals surface area (Å²) in [5.41, 5.74) is 1.46. The lowest BCUT2D eigenvalue weighted by Crippen LogP contribution is -2.53. The van der Waals surface area contributed by atoms with Crippen molar-refractivity contribution in [3.05, 3.63) is 35.5 Å². The van der Waals surface area contributed by atoms with Crippen molar-refractivity contribution < 1.29 is 23.9 Å². The number of ether oxygens (including phenoxy) is 1. The normalized spacial score (nSPS) is 16.7. The highest BCUT2D eigenvalue weighted by Gasteiger charge is 2.30. The number of piperazine rings is 1. The highest BCUT2D eigenvalue weighted by Crippen LogP contribution is 2.27. The van der Waals surface area contributed by atoms with Gasteiger partial charge in [0, 0.05) is 89.0 Å². The molecular weight excluding hydrogens is 524 g/mol. The predicted molar refractivity (Wildman–Crippen MR) is 157 cm³/mol. The summed E-state index contributed by atoms with van der Waals surface area (Å²) in [5.74, 6) is -0.167. The fraction of sp³-hybridized carbons (Fsp3) is 0.600. The van der Waals surface area contributed by atoms with Crippen LogP contribution in [0.15, 0.2) is 24.3 Å². The molecular formula is C30H44N6O5. The maximum absolute atomic E-state index is 13.7. The number of amides is 5. The molecule has 11 nitrogen and oxygen atoms in total. The summed E-state index contributed by atoms with van der Waals surface area (Å²) in [6.07, 6.45) is 0.314. The molecule has 0 saturated carbocycles. The van der Waals surface area contributed by atoms with E-state index in [2.05, 4.69) is 0 Å². The average molecular weight is 569 g/mol. The minimum atomic E-state index is -0.569. The van der Waals surface area contributed by atoms with E-state index < -0.39 is 5.60 Å². The largest absolute Gasteiger partial charge is 0.444 e. The number of hydrogen-bond donors (Lipinski definition) is 0. The first-order valence-electron chi connectivity index (χ1n) is 14.4.